The number of thioether (sulfide) groups is 1. The smallest absolute Gasteiger partial charge is 0.193 e. The maximum atomic E-state index is 9.56. The Labute approximate surface area is 206 Å². The van der Waals surface area contributed by atoms with Gasteiger partial charge in [-0.15, -0.1) is 24.0 Å². The molecule has 7 nitrogen and oxygen atoms in total. The van der Waals surface area contributed by atoms with Crippen LogP contribution < -0.4 is 11.1 Å². The standard InChI is InChI=1S/C22H31N7S.HI/c1-4-25-21(28-13-14-30-22(2,3)16-28)26-12-8-11-19-18(15-23)20(24)29(27-19)17-9-6-5-7-10-17;/h5-7,9-10H,4,8,11-14,16,24H2,1-3H3,(H,25,26);1H. The molecular formula is C22H32IN7S. The lowest BCUT2D eigenvalue weighted by atomic mass is 10.1. The monoisotopic (exact) mass is 553 g/mol. The molecule has 9 heteroatoms. The maximum absolute atomic E-state index is 9.56. The first-order valence-corrected chi connectivity index (χ1v) is 11.4. The summed E-state index contributed by atoms with van der Waals surface area (Å²) in [6, 6.07) is 11.9. The first-order chi connectivity index (χ1) is 14.4. The molecule has 0 amide bonds. The van der Waals surface area contributed by atoms with Crippen molar-refractivity contribution in [3.8, 4) is 11.8 Å². The number of nitriles is 1. The molecule has 1 aromatic heterocycles. The summed E-state index contributed by atoms with van der Waals surface area (Å²) in [7, 11) is 0. The number of benzene rings is 1. The Bertz CT molecular complexity index is 918. The fourth-order valence-corrected chi connectivity index (χ4v) is 4.71. The fraction of sp³-hybridized carbons (Fsp3) is 0.500. The van der Waals surface area contributed by atoms with E-state index in [4.69, 9.17) is 10.7 Å². The van der Waals surface area contributed by atoms with E-state index >= 15 is 0 Å². The summed E-state index contributed by atoms with van der Waals surface area (Å²) in [6.07, 6.45) is 1.47. The van der Waals surface area contributed by atoms with Crippen molar-refractivity contribution in [1.82, 2.24) is 20.0 Å². The van der Waals surface area contributed by atoms with Crippen LogP contribution in [-0.4, -0.2) is 57.3 Å². The third kappa shape index (κ3) is 6.53. The van der Waals surface area contributed by atoms with Crippen molar-refractivity contribution in [2.45, 2.75) is 38.4 Å². The molecule has 0 radical (unpaired) electrons. The average Bonchev–Trinajstić information content (AvgIpc) is 3.05. The zero-order valence-electron chi connectivity index (χ0n) is 18.5. The second kappa shape index (κ2) is 11.6. The van der Waals surface area contributed by atoms with Gasteiger partial charge >= 0.3 is 0 Å². The Kier molecular flexibility index (Phi) is 9.50. The summed E-state index contributed by atoms with van der Waals surface area (Å²) >= 11 is 2.01. The van der Waals surface area contributed by atoms with Gasteiger partial charge in [0.05, 0.1) is 11.4 Å². The molecule has 3 rings (SSSR count). The SMILES string of the molecule is CCNC(=NCCCc1nn(-c2ccccc2)c(N)c1C#N)N1CCSC(C)(C)C1.I. The van der Waals surface area contributed by atoms with E-state index < -0.39 is 0 Å². The zero-order valence-corrected chi connectivity index (χ0v) is 21.6. The Morgan fingerprint density at radius 3 is 2.74 bits per heavy atom. The molecule has 1 aromatic carbocycles. The Hall–Kier alpha value is -1.93. The van der Waals surface area contributed by atoms with E-state index in [2.05, 4.69) is 42.2 Å². The molecule has 1 aliphatic rings. The predicted molar refractivity (Wildman–Crippen MR) is 141 cm³/mol. The van der Waals surface area contributed by atoms with Crippen LogP contribution in [-0.2, 0) is 6.42 Å². The highest BCUT2D eigenvalue weighted by Gasteiger charge is 2.28. The van der Waals surface area contributed by atoms with Crippen LogP contribution in [0.1, 0.15) is 38.4 Å². The van der Waals surface area contributed by atoms with Crippen LogP contribution in [0.2, 0.25) is 0 Å². The van der Waals surface area contributed by atoms with Gasteiger partial charge in [-0.1, -0.05) is 18.2 Å². The largest absolute Gasteiger partial charge is 0.382 e. The molecule has 0 unspecified atom stereocenters. The van der Waals surface area contributed by atoms with Crippen molar-refractivity contribution in [2.24, 2.45) is 4.99 Å². The topological polar surface area (TPSA) is 95.3 Å². The molecule has 1 saturated heterocycles. The van der Waals surface area contributed by atoms with Gasteiger partial charge in [0.15, 0.2) is 5.96 Å². The second-order valence-electron chi connectivity index (χ2n) is 7.94. The molecule has 31 heavy (non-hydrogen) atoms. The van der Waals surface area contributed by atoms with E-state index in [-0.39, 0.29) is 28.7 Å². The number of hydrogen-bond donors (Lipinski definition) is 2. The number of hydrogen-bond acceptors (Lipinski definition) is 5. The molecule has 1 fully saturated rings. The van der Waals surface area contributed by atoms with Crippen molar-refractivity contribution in [2.75, 3.05) is 37.7 Å². The maximum Gasteiger partial charge on any atom is 0.193 e. The fourth-order valence-electron chi connectivity index (χ4n) is 3.60. The quantitative estimate of drug-likeness (QED) is 0.246. The average molecular weight is 554 g/mol. The van der Waals surface area contributed by atoms with E-state index in [1.54, 1.807) is 4.68 Å². The van der Waals surface area contributed by atoms with Gasteiger partial charge in [-0.2, -0.15) is 22.1 Å². The number of halogens is 1. The van der Waals surface area contributed by atoms with Gasteiger partial charge < -0.3 is 16.0 Å². The minimum Gasteiger partial charge on any atom is -0.382 e. The molecule has 0 saturated carbocycles. The van der Waals surface area contributed by atoms with Crippen LogP contribution in [0.15, 0.2) is 35.3 Å². The molecule has 1 aliphatic heterocycles. The zero-order chi connectivity index (χ0) is 21.6. The number of aromatic nitrogens is 2. The van der Waals surface area contributed by atoms with Gasteiger partial charge in [0, 0.05) is 36.7 Å². The molecule has 0 atom stereocenters. The highest BCUT2D eigenvalue weighted by atomic mass is 127. The summed E-state index contributed by atoms with van der Waals surface area (Å²) in [6.45, 7) is 10.2. The molecule has 2 aromatic rings. The lowest BCUT2D eigenvalue weighted by molar-refractivity contribution is 0.376. The van der Waals surface area contributed by atoms with E-state index in [0.29, 0.717) is 24.3 Å². The van der Waals surface area contributed by atoms with Gasteiger partial charge in [0.2, 0.25) is 0 Å². The number of nitrogens with zero attached hydrogens (tertiary/aromatic N) is 5. The third-order valence-electron chi connectivity index (χ3n) is 5.00. The predicted octanol–water partition coefficient (Wildman–Crippen LogP) is 3.67. The van der Waals surface area contributed by atoms with E-state index in [1.165, 1.54) is 0 Å². The van der Waals surface area contributed by atoms with E-state index in [0.717, 1.165) is 49.1 Å². The third-order valence-corrected chi connectivity index (χ3v) is 6.30. The lowest BCUT2D eigenvalue weighted by Gasteiger charge is -2.39. The highest BCUT2D eigenvalue weighted by Crippen LogP contribution is 2.29. The van der Waals surface area contributed by atoms with Crippen molar-refractivity contribution >= 4 is 47.5 Å². The number of aryl methyl sites for hydroxylation is 1. The number of nitrogen functional groups attached to an aromatic ring is 1. The van der Waals surface area contributed by atoms with Gasteiger partial charge in [-0.3, -0.25) is 4.99 Å². The van der Waals surface area contributed by atoms with Crippen LogP contribution >= 0.6 is 35.7 Å². The summed E-state index contributed by atoms with van der Waals surface area (Å²) in [4.78, 5) is 7.18. The Balaban J connectivity index is 0.00000341. The van der Waals surface area contributed by atoms with Crippen molar-refractivity contribution in [3.05, 3.63) is 41.6 Å². The Morgan fingerprint density at radius 2 is 2.10 bits per heavy atom. The molecule has 0 spiro atoms. The number of para-hydroxylation sites is 1. The molecular weight excluding hydrogens is 521 g/mol. The molecule has 3 N–H and O–H groups in total. The number of nitrogens with two attached hydrogens (primary N) is 1. The minimum atomic E-state index is 0. The normalized spacial score (nSPS) is 15.8. The molecule has 0 aliphatic carbocycles. The van der Waals surface area contributed by atoms with E-state index in [1.807, 2.05) is 42.1 Å². The van der Waals surface area contributed by atoms with Gasteiger partial charge in [0.1, 0.15) is 17.5 Å². The van der Waals surface area contributed by atoms with E-state index in [9.17, 15) is 5.26 Å². The number of anilines is 1. The highest BCUT2D eigenvalue weighted by molar-refractivity contribution is 14.0. The van der Waals surface area contributed by atoms with Crippen molar-refractivity contribution in [1.29, 1.82) is 5.26 Å². The summed E-state index contributed by atoms with van der Waals surface area (Å²) in [5.41, 5.74) is 8.24. The van der Waals surface area contributed by atoms with Crippen molar-refractivity contribution in [3.63, 3.8) is 0 Å². The van der Waals surface area contributed by atoms with Crippen LogP contribution in [0.4, 0.5) is 5.82 Å². The first-order valence-electron chi connectivity index (χ1n) is 10.5. The number of aliphatic imine (C=N–C) groups is 1. The summed E-state index contributed by atoms with van der Waals surface area (Å²) in [5.74, 6) is 2.48. The molecule has 2 heterocycles. The molecule has 0 bridgehead atoms. The summed E-state index contributed by atoms with van der Waals surface area (Å²) < 4.78 is 1.88. The molecule has 168 valence electrons. The van der Waals surface area contributed by atoms with Gasteiger partial charge in [-0.05, 0) is 45.7 Å². The van der Waals surface area contributed by atoms with Crippen molar-refractivity contribution < 1.29 is 0 Å². The van der Waals surface area contributed by atoms with Crippen LogP contribution in [0, 0.1) is 11.3 Å². The van der Waals surface area contributed by atoms with Crippen LogP contribution in [0.3, 0.4) is 0 Å². The first kappa shape index (κ1) is 25.3. The minimum absolute atomic E-state index is 0. The lowest BCUT2D eigenvalue weighted by Crippen LogP contribution is -2.51. The number of rotatable bonds is 6. The van der Waals surface area contributed by atoms with Crippen LogP contribution in [0.25, 0.3) is 5.69 Å². The van der Waals surface area contributed by atoms with Gasteiger partial charge in [0.25, 0.3) is 0 Å². The summed E-state index contributed by atoms with van der Waals surface area (Å²) in [5, 5.41) is 17.6. The second-order valence-corrected chi connectivity index (χ2v) is 9.74. The van der Waals surface area contributed by atoms with Crippen LogP contribution in [0.5, 0.6) is 0 Å². The number of guanidine groups is 1. The number of nitrogens with one attached hydrogen (secondary N) is 1. The Morgan fingerprint density at radius 1 is 1.35 bits per heavy atom. The van der Waals surface area contributed by atoms with Gasteiger partial charge in [-0.25, -0.2) is 4.68 Å².